The molecule has 0 aromatic carbocycles. The molecule has 2 rings (SSSR count). The van der Waals surface area contributed by atoms with Gasteiger partial charge in [0, 0.05) is 13.7 Å². The molecule has 1 aromatic heterocycles. The highest BCUT2D eigenvalue weighted by Crippen LogP contribution is 2.16. The molecule has 2 heterocycles. The molecule has 17 heavy (non-hydrogen) atoms. The highest BCUT2D eigenvalue weighted by molar-refractivity contribution is 14.1. The second-order valence-corrected chi connectivity index (χ2v) is 5.44. The number of halogens is 1. The molecule has 0 unspecified atom stereocenters. The van der Waals surface area contributed by atoms with Gasteiger partial charge < -0.3 is 10.1 Å². The smallest absolute Gasteiger partial charge is 0.270 e. The van der Waals surface area contributed by atoms with Gasteiger partial charge in [0.25, 0.3) is 5.91 Å². The predicted molar refractivity (Wildman–Crippen MR) is 71.8 cm³/mol. The summed E-state index contributed by atoms with van der Waals surface area (Å²) in [4.78, 5) is 12.1. The molecule has 1 saturated heterocycles. The van der Waals surface area contributed by atoms with Crippen LogP contribution >= 0.6 is 22.6 Å². The zero-order chi connectivity index (χ0) is 12.4. The van der Waals surface area contributed by atoms with Crippen LogP contribution in [-0.2, 0) is 11.8 Å². The summed E-state index contributed by atoms with van der Waals surface area (Å²) in [5.41, 5.74) is 0.607. The Morgan fingerprint density at radius 2 is 2.53 bits per heavy atom. The van der Waals surface area contributed by atoms with Crippen molar-refractivity contribution in [3.05, 3.63) is 15.5 Å². The van der Waals surface area contributed by atoms with Crippen molar-refractivity contribution in [2.45, 2.75) is 31.9 Å². The minimum atomic E-state index is -0.0857. The summed E-state index contributed by atoms with van der Waals surface area (Å²) < 4.78 is 8.01. The number of ether oxygens (including phenoxy) is 1. The molecule has 1 aromatic rings. The SMILES string of the molecule is C[C@@H](NC(=O)c1c(I)cnn1C)[C@@H]1CCCO1. The van der Waals surface area contributed by atoms with Gasteiger partial charge in [-0.1, -0.05) is 0 Å². The molecular formula is C11H16IN3O2. The van der Waals surface area contributed by atoms with E-state index in [4.69, 9.17) is 4.74 Å². The first-order chi connectivity index (χ1) is 8.09. The van der Waals surface area contributed by atoms with E-state index in [1.807, 2.05) is 6.92 Å². The van der Waals surface area contributed by atoms with Crippen molar-refractivity contribution in [2.24, 2.45) is 7.05 Å². The lowest BCUT2D eigenvalue weighted by atomic mass is 10.1. The van der Waals surface area contributed by atoms with Crippen molar-refractivity contribution >= 4 is 28.5 Å². The molecule has 1 aliphatic heterocycles. The molecule has 0 spiro atoms. The number of carbonyl (C=O) groups excluding carboxylic acids is 1. The van der Waals surface area contributed by atoms with Gasteiger partial charge in [-0.2, -0.15) is 5.10 Å². The van der Waals surface area contributed by atoms with Crippen molar-refractivity contribution in [1.29, 1.82) is 0 Å². The lowest BCUT2D eigenvalue weighted by Gasteiger charge is -2.20. The van der Waals surface area contributed by atoms with Gasteiger partial charge in [-0.25, -0.2) is 0 Å². The largest absolute Gasteiger partial charge is 0.376 e. The number of aromatic nitrogens is 2. The summed E-state index contributed by atoms with van der Waals surface area (Å²) in [5, 5.41) is 7.04. The van der Waals surface area contributed by atoms with Gasteiger partial charge in [-0.3, -0.25) is 9.48 Å². The fourth-order valence-corrected chi connectivity index (χ4v) is 2.75. The van der Waals surface area contributed by atoms with E-state index < -0.39 is 0 Å². The van der Waals surface area contributed by atoms with E-state index in [-0.39, 0.29) is 18.1 Å². The predicted octanol–water partition coefficient (Wildman–Crippen LogP) is 1.32. The van der Waals surface area contributed by atoms with Gasteiger partial charge in [-0.15, -0.1) is 0 Å². The number of amides is 1. The van der Waals surface area contributed by atoms with Crippen LogP contribution in [0.4, 0.5) is 0 Å². The second-order valence-electron chi connectivity index (χ2n) is 4.28. The molecule has 94 valence electrons. The number of carbonyl (C=O) groups is 1. The van der Waals surface area contributed by atoms with Crippen LogP contribution in [0.3, 0.4) is 0 Å². The van der Waals surface area contributed by atoms with E-state index in [1.165, 1.54) is 0 Å². The summed E-state index contributed by atoms with van der Waals surface area (Å²) in [6.45, 7) is 2.78. The molecule has 0 saturated carbocycles. The number of aryl methyl sites for hydroxylation is 1. The second kappa shape index (κ2) is 5.34. The minimum Gasteiger partial charge on any atom is -0.376 e. The van der Waals surface area contributed by atoms with Crippen molar-refractivity contribution in [3.8, 4) is 0 Å². The topological polar surface area (TPSA) is 56.2 Å². The maximum atomic E-state index is 12.1. The molecule has 0 radical (unpaired) electrons. The molecule has 1 fully saturated rings. The van der Waals surface area contributed by atoms with Gasteiger partial charge in [0.05, 0.1) is 21.9 Å². The summed E-state index contributed by atoms with van der Waals surface area (Å²) in [7, 11) is 1.77. The van der Waals surface area contributed by atoms with Gasteiger partial charge in [0.15, 0.2) is 0 Å². The zero-order valence-electron chi connectivity index (χ0n) is 9.94. The quantitative estimate of drug-likeness (QED) is 0.838. The van der Waals surface area contributed by atoms with Crippen LogP contribution < -0.4 is 5.32 Å². The Kier molecular flexibility index (Phi) is 4.03. The maximum Gasteiger partial charge on any atom is 0.270 e. The maximum absolute atomic E-state index is 12.1. The van der Waals surface area contributed by atoms with Gasteiger partial charge in [0.2, 0.25) is 0 Å². The third kappa shape index (κ3) is 2.79. The fourth-order valence-electron chi connectivity index (χ4n) is 2.03. The lowest BCUT2D eigenvalue weighted by molar-refractivity contribution is 0.0706. The van der Waals surface area contributed by atoms with Crippen LogP contribution in [0.1, 0.15) is 30.3 Å². The first-order valence-corrected chi connectivity index (χ1v) is 6.77. The minimum absolute atomic E-state index is 0.0377. The number of hydrogen-bond acceptors (Lipinski definition) is 3. The number of nitrogens with zero attached hydrogens (tertiary/aromatic N) is 2. The Morgan fingerprint density at radius 3 is 3.06 bits per heavy atom. The summed E-state index contributed by atoms with van der Waals surface area (Å²) >= 11 is 2.12. The summed E-state index contributed by atoms with van der Waals surface area (Å²) in [6, 6.07) is 0.0377. The third-order valence-electron chi connectivity index (χ3n) is 2.99. The monoisotopic (exact) mass is 349 g/mol. The molecule has 1 aliphatic rings. The van der Waals surface area contributed by atoms with E-state index in [9.17, 15) is 4.79 Å². The number of hydrogen-bond donors (Lipinski definition) is 1. The van der Waals surface area contributed by atoms with Crippen LogP contribution in [0, 0.1) is 3.57 Å². The fraction of sp³-hybridized carbons (Fsp3) is 0.636. The van der Waals surface area contributed by atoms with Crippen LogP contribution in [0.5, 0.6) is 0 Å². The van der Waals surface area contributed by atoms with Crippen LogP contribution in [-0.4, -0.2) is 34.4 Å². The Labute approximate surface area is 114 Å². The van der Waals surface area contributed by atoms with Gasteiger partial charge >= 0.3 is 0 Å². The highest BCUT2D eigenvalue weighted by atomic mass is 127. The molecule has 1 amide bonds. The Morgan fingerprint density at radius 1 is 1.76 bits per heavy atom. The highest BCUT2D eigenvalue weighted by Gasteiger charge is 2.25. The molecule has 0 bridgehead atoms. The Hall–Kier alpha value is -0.630. The molecule has 2 atom stereocenters. The van der Waals surface area contributed by atoms with E-state index in [0.717, 1.165) is 23.0 Å². The van der Waals surface area contributed by atoms with Gasteiger partial charge in [-0.05, 0) is 42.4 Å². The van der Waals surface area contributed by atoms with Crippen LogP contribution in [0.15, 0.2) is 6.20 Å². The van der Waals surface area contributed by atoms with Crippen molar-refractivity contribution < 1.29 is 9.53 Å². The van der Waals surface area contributed by atoms with E-state index in [1.54, 1.807) is 17.9 Å². The van der Waals surface area contributed by atoms with Crippen molar-refractivity contribution in [1.82, 2.24) is 15.1 Å². The Bertz CT molecular complexity index is 393. The molecular weight excluding hydrogens is 333 g/mol. The lowest BCUT2D eigenvalue weighted by Crippen LogP contribution is -2.41. The van der Waals surface area contributed by atoms with E-state index >= 15 is 0 Å². The normalized spacial score (nSPS) is 21.5. The summed E-state index contributed by atoms with van der Waals surface area (Å²) in [6.07, 6.45) is 3.93. The zero-order valence-corrected chi connectivity index (χ0v) is 12.1. The molecule has 5 nitrogen and oxygen atoms in total. The van der Waals surface area contributed by atoms with Crippen LogP contribution in [0.2, 0.25) is 0 Å². The van der Waals surface area contributed by atoms with Crippen LogP contribution in [0.25, 0.3) is 0 Å². The molecule has 0 aliphatic carbocycles. The standard InChI is InChI=1S/C11H16IN3O2/c1-7(9-4-3-5-17-9)14-11(16)10-8(12)6-13-15(10)2/h6-7,9H,3-5H2,1-2H3,(H,14,16)/t7-,9+/m1/s1. The van der Waals surface area contributed by atoms with Crippen molar-refractivity contribution in [3.63, 3.8) is 0 Å². The van der Waals surface area contributed by atoms with Gasteiger partial charge in [0.1, 0.15) is 5.69 Å². The first-order valence-electron chi connectivity index (χ1n) is 5.69. The van der Waals surface area contributed by atoms with E-state index in [0.29, 0.717) is 5.69 Å². The Balaban J connectivity index is 2.01. The number of rotatable bonds is 3. The molecule has 6 heteroatoms. The average Bonchev–Trinajstić information content (AvgIpc) is 2.88. The third-order valence-corrected chi connectivity index (χ3v) is 3.78. The first kappa shape index (κ1) is 12.8. The van der Waals surface area contributed by atoms with E-state index in [2.05, 4.69) is 33.0 Å². The summed E-state index contributed by atoms with van der Waals surface area (Å²) in [5.74, 6) is -0.0857. The molecule has 1 N–H and O–H groups in total. The number of nitrogens with one attached hydrogen (secondary N) is 1. The van der Waals surface area contributed by atoms with Crippen molar-refractivity contribution in [2.75, 3.05) is 6.61 Å². The average molecular weight is 349 g/mol.